The molecule has 2 aliphatic rings. The van der Waals surface area contributed by atoms with Gasteiger partial charge in [0.1, 0.15) is 18.3 Å². The number of phenols is 1. The van der Waals surface area contributed by atoms with Gasteiger partial charge in [0, 0.05) is 25.4 Å². The summed E-state index contributed by atoms with van der Waals surface area (Å²) in [7, 11) is 1.56. The molecule has 0 bridgehead atoms. The third-order valence-corrected chi connectivity index (χ3v) is 8.07. The number of nitrogens with two attached hydrogens (primary N) is 1. The van der Waals surface area contributed by atoms with Crippen LogP contribution >= 0.6 is 0 Å². The van der Waals surface area contributed by atoms with Crippen LogP contribution in [0.3, 0.4) is 0 Å². The normalized spacial score (nSPS) is 20.4. The number of hydrazine groups is 1. The van der Waals surface area contributed by atoms with E-state index in [0.717, 1.165) is 22.0 Å². The number of hydrogen-bond donors (Lipinski definition) is 3. The molecule has 0 saturated carbocycles. The molecule has 6 rings (SSSR count). The van der Waals surface area contributed by atoms with E-state index in [0.29, 0.717) is 12.2 Å². The lowest BCUT2D eigenvalue weighted by Crippen LogP contribution is -2.77. The smallest absolute Gasteiger partial charge is 0.332 e. The molecule has 2 aliphatic heterocycles. The molecule has 43 heavy (non-hydrogen) atoms. The monoisotopic (exact) mass is 579 g/mol. The van der Waals surface area contributed by atoms with Gasteiger partial charge in [-0.3, -0.25) is 30.2 Å². The van der Waals surface area contributed by atoms with Crippen molar-refractivity contribution in [2.24, 2.45) is 5.73 Å². The van der Waals surface area contributed by atoms with Crippen molar-refractivity contribution in [1.82, 2.24) is 30.1 Å². The quantitative estimate of drug-likeness (QED) is 0.306. The maximum Gasteiger partial charge on any atom is 0.332 e. The van der Waals surface area contributed by atoms with Crippen molar-refractivity contribution in [3.05, 3.63) is 108 Å². The predicted octanol–water partition coefficient (Wildman–Crippen LogP) is 2.41. The van der Waals surface area contributed by atoms with Crippen LogP contribution in [0.2, 0.25) is 0 Å². The Balaban J connectivity index is 1.30. The zero-order valence-corrected chi connectivity index (χ0v) is 23.8. The fraction of sp³-hybridized carbons (Fsp3) is 0.250. The fourth-order valence-electron chi connectivity index (χ4n) is 5.89. The van der Waals surface area contributed by atoms with E-state index in [2.05, 4.69) is 5.32 Å². The van der Waals surface area contributed by atoms with E-state index in [9.17, 15) is 19.5 Å². The Hall–Kier alpha value is -5.00. The molecule has 11 heteroatoms. The fourth-order valence-corrected chi connectivity index (χ4v) is 5.89. The van der Waals surface area contributed by atoms with Gasteiger partial charge in [0.25, 0.3) is 0 Å². The summed E-state index contributed by atoms with van der Waals surface area (Å²) in [4.78, 5) is 48.7. The second-order valence-electron chi connectivity index (χ2n) is 10.9. The average molecular weight is 580 g/mol. The zero-order valence-electron chi connectivity index (χ0n) is 23.8. The molecule has 0 aliphatic carbocycles. The van der Waals surface area contributed by atoms with Gasteiger partial charge >= 0.3 is 6.03 Å². The average Bonchev–Trinajstić information content (AvgIpc) is 3.28. The first-order chi connectivity index (χ1) is 20.7. The minimum absolute atomic E-state index is 0.0333. The van der Waals surface area contributed by atoms with Crippen molar-refractivity contribution in [2.45, 2.75) is 31.3 Å². The first-order valence-corrected chi connectivity index (χ1v) is 14.1. The molecule has 4 N–H and O–H groups in total. The van der Waals surface area contributed by atoms with Crippen molar-refractivity contribution in [3.8, 4) is 5.75 Å². The number of benzene rings is 3. The number of nitrogens with one attached hydrogen (secondary N) is 1. The Morgan fingerprint density at radius 1 is 1.00 bits per heavy atom. The molecule has 2 atom stereocenters. The van der Waals surface area contributed by atoms with Gasteiger partial charge in [0.15, 0.2) is 5.79 Å². The molecule has 0 radical (unpaired) electrons. The lowest BCUT2D eigenvalue weighted by atomic mass is 9.98. The van der Waals surface area contributed by atoms with E-state index in [1.165, 1.54) is 27.1 Å². The summed E-state index contributed by atoms with van der Waals surface area (Å²) in [5, 5.41) is 16.5. The lowest BCUT2D eigenvalue weighted by Gasteiger charge is -2.52. The van der Waals surface area contributed by atoms with Crippen LogP contribution in [-0.2, 0) is 29.1 Å². The third-order valence-electron chi connectivity index (χ3n) is 8.07. The minimum atomic E-state index is -1.50. The number of rotatable bonds is 7. The number of carbonyl (C=O) groups excluding carboxylic acids is 3. The molecule has 11 nitrogen and oxygen atoms in total. The van der Waals surface area contributed by atoms with Crippen molar-refractivity contribution < 1.29 is 19.5 Å². The van der Waals surface area contributed by atoms with Crippen molar-refractivity contribution in [1.29, 1.82) is 0 Å². The molecule has 4 amide bonds. The second kappa shape index (κ2) is 11.3. The van der Waals surface area contributed by atoms with Crippen LogP contribution in [0.1, 0.15) is 16.8 Å². The first kappa shape index (κ1) is 28.1. The van der Waals surface area contributed by atoms with E-state index in [1.54, 1.807) is 24.1 Å². The standard InChI is InChI=1S/C32H33N7O4/c1-36(31(43)34-18-23-7-3-2-4-8-23)38-20-29(41)39-28(17-22-11-15-26(40)16-12-22)30(42)37(21-32(38,39)33)19-25-14-13-24-9-5-6-10-27(24)35-25/h2-16,28,40H,17-21,33H2,1H3,(H,34,43)/t28-,32-/m0/s1. The Morgan fingerprint density at radius 3 is 2.49 bits per heavy atom. The van der Waals surface area contributed by atoms with Gasteiger partial charge < -0.3 is 15.3 Å². The number of phenolic OH excluding ortho intramolecular Hbond substituents is 1. The van der Waals surface area contributed by atoms with E-state index < -0.39 is 17.9 Å². The Kier molecular flexibility index (Phi) is 7.43. The Morgan fingerprint density at radius 2 is 1.72 bits per heavy atom. The highest BCUT2D eigenvalue weighted by atomic mass is 16.3. The van der Waals surface area contributed by atoms with Crippen molar-refractivity contribution in [3.63, 3.8) is 0 Å². The third kappa shape index (κ3) is 5.47. The molecular weight excluding hydrogens is 546 g/mol. The molecule has 3 aromatic carbocycles. The molecule has 0 spiro atoms. The van der Waals surface area contributed by atoms with Gasteiger partial charge in [-0.05, 0) is 35.4 Å². The van der Waals surface area contributed by atoms with Crippen molar-refractivity contribution in [2.75, 3.05) is 20.1 Å². The number of aromatic hydroxyl groups is 1. The number of nitrogens with zero attached hydrogens (tertiary/aromatic N) is 5. The highest BCUT2D eigenvalue weighted by Crippen LogP contribution is 2.34. The number of urea groups is 1. The summed E-state index contributed by atoms with van der Waals surface area (Å²) in [5.74, 6) is -2.02. The SMILES string of the molecule is CN(C(=O)NCc1ccccc1)N1CC(=O)N2[C@@H](Cc3ccc(O)cc3)C(=O)N(Cc3ccc4ccccc4n3)C[C@@]21N. The molecule has 4 aromatic rings. The van der Waals surface area contributed by atoms with Crippen LogP contribution in [-0.4, -0.2) is 79.7 Å². The van der Waals surface area contributed by atoms with Crippen LogP contribution in [0.4, 0.5) is 4.79 Å². The van der Waals surface area contributed by atoms with Gasteiger partial charge in [-0.15, -0.1) is 0 Å². The summed E-state index contributed by atoms with van der Waals surface area (Å²) in [6.07, 6.45) is 0.184. The van der Waals surface area contributed by atoms with Gasteiger partial charge in [-0.2, -0.15) is 5.01 Å². The summed E-state index contributed by atoms with van der Waals surface area (Å²) in [5.41, 5.74) is 10.2. The summed E-state index contributed by atoms with van der Waals surface area (Å²) >= 11 is 0. The topological polar surface area (TPSA) is 135 Å². The number of fused-ring (bicyclic) bond motifs is 2. The highest BCUT2D eigenvalue weighted by Gasteiger charge is 2.60. The van der Waals surface area contributed by atoms with E-state index >= 15 is 0 Å². The van der Waals surface area contributed by atoms with Crippen molar-refractivity contribution >= 4 is 28.7 Å². The molecule has 0 unspecified atom stereocenters. The van der Waals surface area contributed by atoms with E-state index in [-0.39, 0.29) is 43.6 Å². The zero-order chi connectivity index (χ0) is 30.1. The predicted molar refractivity (Wildman–Crippen MR) is 160 cm³/mol. The molecule has 1 aromatic heterocycles. The number of pyridine rings is 1. The molecule has 3 heterocycles. The number of para-hydroxylation sites is 1. The number of carbonyl (C=O) groups is 3. The lowest BCUT2D eigenvalue weighted by molar-refractivity contribution is -0.175. The maximum atomic E-state index is 14.1. The number of piperazine rings is 1. The molecule has 2 fully saturated rings. The molecular formula is C32H33N7O4. The summed E-state index contributed by atoms with van der Waals surface area (Å²) < 4.78 is 0. The summed E-state index contributed by atoms with van der Waals surface area (Å²) in [6, 6.07) is 26.2. The van der Waals surface area contributed by atoms with E-state index in [1.807, 2.05) is 66.7 Å². The van der Waals surface area contributed by atoms with Gasteiger partial charge in [0.2, 0.25) is 11.8 Å². The van der Waals surface area contributed by atoms with Crippen LogP contribution < -0.4 is 11.1 Å². The molecule has 220 valence electrons. The van der Waals surface area contributed by atoms with Crippen LogP contribution in [0.25, 0.3) is 10.9 Å². The molecule has 2 saturated heterocycles. The minimum Gasteiger partial charge on any atom is -0.508 e. The largest absolute Gasteiger partial charge is 0.508 e. The van der Waals surface area contributed by atoms with Crippen LogP contribution in [0, 0.1) is 0 Å². The van der Waals surface area contributed by atoms with Gasteiger partial charge in [-0.25, -0.2) is 4.79 Å². The maximum absolute atomic E-state index is 14.1. The summed E-state index contributed by atoms with van der Waals surface area (Å²) in [6.45, 7) is 0.269. The van der Waals surface area contributed by atoms with Crippen LogP contribution in [0.5, 0.6) is 5.75 Å². The number of hydrogen-bond acceptors (Lipinski definition) is 7. The van der Waals surface area contributed by atoms with E-state index in [4.69, 9.17) is 10.7 Å². The second-order valence-corrected chi connectivity index (χ2v) is 10.9. The Labute approximate surface area is 249 Å². The number of amides is 4. The highest BCUT2D eigenvalue weighted by molar-refractivity contribution is 5.92. The first-order valence-electron chi connectivity index (χ1n) is 14.1. The number of aromatic nitrogens is 1. The van der Waals surface area contributed by atoms with Gasteiger partial charge in [0.05, 0.1) is 24.3 Å². The Bertz CT molecular complexity index is 1670. The van der Waals surface area contributed by atoms with Gasteiger partial charge in [-0.1, -0.05) is 66.7 Å². The van der Waals surface area contributed by atoms with Crippen LogP contribution in [0.15, 0.2) is 91.0 Å².